The number of hydrogen-bond acceptors (Lipinski definition) is 4. The molecule has 5 nitrogen and oxygen atoms in total. The van der Waals surface area contributed by atoms with Crippen LogP contribution in [0.4, 0.5) is 17.1 Å². The first-order valence-electron chi connectivity index (χ1n) is 9.55. The third kappa shape index (κ3) is 6.19. The van der Waals surface area contributed by atoms with Crippen LogP contribution >= 0.6 is 11.3 Å². The third-order valence-electron chi connectivity index (χ3n) is 4.50. The molecule has 0 aliphatic heterocycles. The van der Waals surface area contributed by atoms with E-state index in [1.807, 2.05) is 85.0 Å². The lowest BCUT2D eigenvalue weighted by atomic mass is 10.1. The number of carbonyl (C=O) groups excluding carboxylic acids is 1. The Hall–Kier alpha value is -3.12. The molecule has 1 amide bonds. The molecule has 0 aliphatic carbocycles. The van der Waals surface area contributed by atoms with Crippen LogP contribution in [0, 0.1) is 0 Å². The number of carbonyl (C=O) groups is 1. The maximum Gasteiger partial charge on any atom is 0.224 e. The summed E-state index contributed by atoms with van der Waals surface area (Å²) in [6.07, 6.45) is 2.12. The molecule has 29 heavy (non-hydrogen) atoms. The van der Waals surface area contributed by atoms with E-state index in [4.69, 9.17) is 5.73 Å². The van der Waals surface area contributed by atoms with Gasteiger partial charge in [-0.25, -0.2) is 4.99 Å². The predicted molar refractivity (Wildman–Crippen MR) is 123 cm³/mol. The summed E-state index contributed by atoms with van der Waals surface area (Å²) in [5.74, 6) is 0.565. The molecule has 0 spiro atoms. The van der Waals surface area contributed by atoms with Gasteiger partial charge in [-0.2, -0.15) is 0 Å². The number of anilines is 2. The van der Waals surface area contributed by atoms with E-state index in [-0.39, 0.29) is 5.91 Å². The number of thiophene rings is 1. The topological polar surface area (TPSA) is 70.7 Å². The number of rotatable bonds is 8. The molecule has 3 aromatic rings. The van der Waals surface area contributed by atoms with Crippen molar-refractivity contribution in [1.82, 2.24) is 0 Å². The Labute approximate surface area is 175 Å². The lowest BCUT2D eigenvalue weighted by Crippen LogP contribution is -2.12. The number of aryl methyl sites for hydroxylation is 1. The molecule has 3 N–H and O–H groups in total. The zero-order valence-electron chi connectivity index (χ0n) is 16.8. The van der Waals surface area contributed by atoms with Crippen molar-refractivity contribution in [3.05, 3.63) is 76.5 Å². The van der Waals surface area contributed by atoms with E-state index in [0.717, 1.165) is 34.8 Å². The van der Waals surface area contributed by atoms with E-state index in [1.165, 1.54) is 5.56 Å². The smallest absolute Gasteiger partial charge is 0.224 e. The quantitative estimate of drug-likeness (QED) is 0.416. The lowest BCUT2D eigenvalue weighted by Gasteiger charge is -2.13. The van der Waals surface area contributed by atoms with E-state index < -0.39 is 0 Å². The van der Waals surface area contributed by atoms with Gasteiger partial charge in [0.2, 0.25) is 5.91 Å². The highest BCUT2D eigenvalue weighted by Gasteiger charge is 2.04. The Morgan fingerprint density at radius 1 is 1.07 bits per heavy atom. The van der Waals surface area contributed by atoms with Crippen LogP contribution in [0.1, 0.15) is 23.3 Å². The van der Waals surface area contributed by atoms with E-state index >= 15 is 0 Å². The molecule has 150 valence electrons. The Morgan fingerprint density at radius 3 is 2.41 bits per heavy atom. The molecule has 0 bridgehead atoms. The highest BCUT2D eigenvalue weighted by atomic mass is 32.1. The van der Waals surface area contributed by atoms with Crippen LogP contribution in [0.15, 0.2) is 71.0 Å². The summed E-state index contributed by atoms with van der Waals surface area (Å²) in [5, 5.41) is 4.93. The van der Waals surface area contributed by atoms with Gasteiger partial charge in [-0.15, -0.1) is 11.3 Å². The number of nitrogens with two attached hydrogens (primary N) is 1. The van der Waals surface area contributed by atoms with Crippen molar-refractivity contribution >= 4 is 40.1 Å². The monoisotopic (exact) mass is 406 g/mol. The summed E-state index contributed by atoms with van der Waals surface area (Å²) in [4.78, 5) is 19.6. The van der Waals surface area contributed by atoms with E-state index in [1.54, 1.807) is 11.3 Å². The Bertz CT molecular complexity index is 946. The van der Waals surface area contributed by atoms with Crippen molar-refractivity contribution in [2.45, 2.75) is 19.3 Å². The van der Waals surface area contributed by atoms with Crippen LogP contribution in [-0.2, 0) is 11.2 Å². The number of nitrogens with zero attached hydrogens (tertiary/aromatic N) is 2. The summed E-state index contributed by atoms with van der Waals surface area (Å²) >= 11 is 1.57. The van der Waals surface area contributed by atoms with Gasteiger partial charge < -0.3 is 16.0 Å². The number of hydrogen-bond donors (Lipinski definition) is 2. The fourth-order valence-corrected chi connectivity index (χ4v) is 3.50. The van der Waals surface area contributed by atoms with Gasteiger partial charge >= 0.3 is 0 Å². The van der Waals surface area contributed by atoms with Gasteiger partial charge in [-0.1, -0.05) is 18.2 Å². The minimum absolute atomic E-state index is 0.0348. The zero-order valence-corrected chi connectivity index (χ0v) is 17.6. The number of amidine groups is 1. The van der Waals surface area contributed by atoms with E-state index in [0.29, 0.717) is 12.3 Å². The fourth-order valence-electron chi connectivity index (χ4n) is 2.88. The number of amides is 1. The molecule has 0 saturated carbocycles. The van der Waals surface area contributed by atoms with Crippen molar-refractivity contribution in [1.29, 1.82) is 0 Å². The molecule has 0 aliphatic rings. The van der Waals surface area contributed by atoms with Gasteiger partial charge in [0.1, 0.15) is 5.84 Å². The van der Waals surface area contributed by atoms with Gasteiger partial charge in [-0.3, -0.25) is 4.79 Å². The molecule has 0 unspecified atom stereocenters. The summed E-state index contributed by atoms with van der Waals surface area (Å²) in [6, 6.07) is 19.7. The molecule has 0 atom stereocenters. The largest absolute Gasteiger partial charge is 0.383 e. The third-order valence-corrected chi connectivity index (χ3v) is 5.39. The SMILES string of the molecule is CN(C)c1ccc(NC(=O)CCCc2ccc(N=C(N)c3cccs3)cc2)cc1. The van der Waals surface area contributed by atoms with Crippen molar-refractivity contribution < 1.29 is 4.79 Å². The zero-order chi connectivity index (χ0) is 20.6. The predicted octanol–water partition coefficient (Wildman–Crippen LogP) is 4.81. The average molecular weight is 407 g/mol. The second-order valence-electron chi connectivity index (χ2n) is 6.98. The summed E-state index contributed by atoms with van der Waals surface area (Å²) in [6.45, 7) is 0. The lowest BCUT2D eigenvalue weighted by molar-refractivity contribution is -0.116. The molecule has 3 rings (SSSR count). The molecule has 6 heteroatoms. The van der Waals surface area contributed by atoms with Crippen LogP contribution in [0.3, 0.4) is 0 Å². The Morgan fingerprint density at radius 2 is 1.79 bits per heavy atom. The summed E-state index contributed by atoms with van der Waals surface area (Å²) < 4.78 is 0. The first-order chi connectivity index (χ1) is 14.0. The van der Waals surface area contributed by atoms with Gasteiger partial charge in [0.15, 0.2) is 0 Å². The first-order valence-corrected chi connectivity index (χ1v) is 10.4. The molecular formula is C23H26N4OS. The minimum atomic E-state index is 0.0348. The standard InChI is InChI=1S/C23H26N4OS/c1-27(2)20-14-12-18(13-15-20)25-22(28)7-3-5-17-8-10-19(11-9-17)26-23(24)21-6-4-16-29-21/h4,6,8-16H,3,5,7H2,1-2H3,(H2,24,26)(H,25,28). The van der Waals surface area contributed by atoms with Crippen LogP contribution in [-0.4, -0.2) is 25.8 Å². The van der Waals surface area contributed by atoms with E-state index in [2.05, 4.69) is 10.3 Å². The van der Waals surface area contributed by atoms with Crippen LogP contribution in [0.2, 0.25) is 0 Å². The first kappa shape index (κ1) is 20.6. The maximum absolute atomic E-state index is 12.2. The van der Waals surface area contributed by atoms with Crippen LogP contribution in [0.5, 0.6) is 0 Å². The number of nitrogens with one attached hydrogen (secondary N) is 1. The van der Waals surface area contributed by atoms with Crippen LogP contribution < -0.4 is 16.0 Å². The van der Waals surface area contributed by atoms with Crippen LogP contribution in [0.25, 0.3) is 0 Å². The van der Waals surface area contributed by atoms with Crippen molar-refractivity contribution in [2.75, 3.05) is 24.3 Å². The summed E-state index contributed by atoms with van der Waals surface area (Å²) in [7, 11) is 3.98. The molecule has 0 fully saturated rings. The average Bonchev–Trinajstić information content (AvgIpc) is 3.25. The molecule has 1 aromatic heterocycles. The second kappa shape index (κ2) is 9.89. The molecule has 0 radical (unpaired) electrons. The van der Waals surface area contributed by atoms with Crippen molar-refractivity contribution in [3.8, 4) is 0 Å². The number of aliphatic imine (C=N–C) groups is 1. The molecule has 0 saturated heterocycles. The Kier molecular flexibility index (Phi) is 7.03. The maximum atomic E-state index is 12.2. The summed E-state index contributed by atoms with van der Waals surface area (Å²) in [5.41, 5.74) is 9.97. The minimum Gasteiger partial charge on any atom is -0.383 e. The highest BCUT2D eigenvalue weighted by Crippen LogP contribution is 2.18. The second-order valence-corrected chi connectivity index (χ2v) is 7.93. The van der Waals surface area contributed by atoms with Gasteiger partial charge in [0.25, 0.3) is 0 Å². The fraction of sp³-hybridized carbons (Fsp3) is 0.217. The molecule has 2 aromatic carbocycles. The van der Waals surface area contributed by atoms with Crippen molar-refractivity contribution in [2.24, 2.45) is 10.7 Å². The number of benzene rings is 2. The van der Waals surface area contributed by atoms with E-state index in [9.17, 15) is 4.79 Å². The van der Waals surface area contributed by atoms with Gasteiger partial charge in [0, 0.05) is 31.9 Å². The highest BCUT2D eigenvalue weighted by molar-refractivity contribution is 7.12. The van der Waals surface area contributed by atoms with Gasteiger partial charge in [-0.05, 0) is 66.2 Å². The normalized spacial score (nSPS) is 11.3. The van der Waals surface area contributed by atoms with Gasteiger partial charge in [0.05, 0.1) is 10.6 Å². The van der Waals surface area contributed by atoms with Crippen molar-refractivity contribution in [3.63, 3.8) is 0 Å². The molecule has 1 heterocycles. The Balaban J connectivity index is 1.45. The molecular weight excluding hydrogens is 380 g/mol.